The zero-order chi connectivity index (χ0) is 19.4. The fourth-order valence-corrected chi connectivity index (χ4v) is 3.09. The van der Waals surface area contributed by atoms with Crippen LogP contribution in [0.4, 0.5) is 0 Å². The number of fused-ring (bicyclic) bond motifs is 1. The van der Waals surface area contributed by atoms with Gasteiger partial charge in [-0.15, -0.1) is 0 Å². The van der Waals surface area contributed by atoms with Crippen LogP contribution in [0.5, 0.6) is 0 Å². The van der Waals surface area contributed by atoms with Crippen LogP contribution in [0.25, 0.3) is 0 Å². The molecular formula is C21H21N3O3. The predicted molar refractivity (Wildman–Crippen MR) is 102 cm³/mol. The van der Waals surface area contributed by atoms with E-state index in [1.54, 1.807) is 24.3 Å². The first-order chi connectivity index (χ1) is 13.0. The van der Waals surface area contributed by atoms with Gasteiger partial charge in [0, 0.05) is 0 Å². The highest BCUT2D eigenvalue weighted by Crippen LogP contribution is 2.28. The second-order valence-electron chi connectivity index (χ2n) is 6.50. The van der Waals surface area contributed by atoms with Crippen molar-refractivity contribution < 1.29 is 14.4 Å². The molecule has 6 nitrogen and oxygen atoms in total. The lowest BCUT2D eigenvalue weighted by Gasteiger charge is -2.28. The average Bonchev–Trinajstić information content (AvgIpc) is 2.94. The first kappa shape index (κ1) is 18.5. The molecule has 1 aliphatic heterocycles. The Labute approximate surface area is 157 Å². The van der Waals surface area contributed by atoms with Gasteiger partial charge in [0.25, 0.3) is 17.7 Å². The van der Waals surface area contributed by atoms with Crippen molar-refractivity contribution in [2.75, 3.05) is 0 Å². The van der Waals surface area contributed by atoms with Crippen LogP contribution in [-0.2, 0) is 4.79 Å². The Hall–Kier alpha value is -3.28. The highest BCUT2D eigenvalue weighted by Gasteiger charge is 2.44. The molecule has 2 aromatic carbocycles. The van der Waals surface area contributed by atoms with Crippen molar-refractivity contribution in [3.8, 4) is 0 Å². The third-order valence-electron chi connectivity index (χ3n) is 4.74. The molecule has 0 aromatic heterocycles. The molecule has 6 heteroatoms. The Morgan fingerprint density at radius 3 is 2.15 bits per heavy atom. The highest BCUT2D eigenvalue weighted by atomic mass is 16.2. The minimum atomic E-state index is -0.921. The molecule has 2 aromatic rings. The van der Waals surface area contributed by atoms with Crippen molar-refractivity contribution in [1.82, 2.24) is 10.3 Å². The molecule has 2 atom stereocenters. The Bertz CT molecular complexity index is 858. The van der Waals surface area contributed by atoms with E-state index in [0.717, 1.165) is 10.5 Å². The van der Waals surface area contributed by atoms with Gasteiger partial charge in [-0.05, 0) is 23.6 Å². The summed E-state index contributed by atoms with van der Waals surface area (Å²) in [7, 11) is 0. The number of hydrazone groups is 1. The van der Waals surface area contributed by atoms with E-state index in [1.807, 2.05) is 44.2 Å². The maximum absolute atomic E-state index is 12.8. The third-order valence-corrected chi connectivity index (χ3v) is 4.74. The minimum absolute atomic E-state index is 0.209. The third kappa shape index (κ3) is 3.65. The van der Waals surface area contributed by atoms with Crippen molar-refractivity contribution in [3.63, 3.8) is 0 Å². The molecule has 1 heterocycles. The molecule has 0 bridgehead atoms. The van der Waals surface area contributed by atoms with Gasteiger partial charge in [0.05, 0.1) is 17.3 Å². The van der Waals surface area contributed by atoms with Crippen molar-refractivity contribution in [2.24, 2.45) is 11.0 Å². The van der Waals surface area contributed by atoms with E-state index in [9.17, 15) is 14.4 Å². The number of benzene rings is 2. The van der Waals surface area contributed by atoms with E-state index in [2.05, 4.69) is 10.5 Å². The average molecular weight is 363 g/mol. The smallest absolute Gasteiger partial charge is 0.263 e. The van der Waals surface area contributed by atoms with Crippen LogP contribution in [0.2, 0.25) is 0 Å². The van der Waals surface area contributed by atoms with Gasteiger partial charge in [-0.3, -0.25) is 19.3 Å². The molecule has 0 unspecified atom stereocenters. The first-order valence-corrected chi connectivity index (χ1v) is 8.89. The molecule has 3 amide bonds. The van der Waals surface area contributed by atoms with Gasteiger partial charge in [-0.1, -0.05) is 62.7 Å². The maximum atomic E-state index is 12.8. The number of nitrogens with zero attached hydrogens (tertiary/aromatic N) is 2. The SMILES string of the molecule is CC[C@H](C)[C@@H](C(=O)N/N=C\c1ccccc1)N1C(=O)c2ccccc2C1=O. The molecule has 3 rings (SSSR count). The first-order valence-electron chi connectivity index (χ1n) is 8.89. The Balaban J connectivity index is 1.82. The predicted octanol–water partition coefficient (Wildman–Crippen LogP) is 2.85. The highest BCUT2D eigenvalue weighted by molar-refractivity contribution is 6.22. The number of hydrogen-bond acceptors (Lipinski definition) is 4. The fraction of sp³-hybridized carbons (Fsp3) is 0.238. The quantitative estimate of drug-likeness (QED) is 0.487. The standard InChI is InChI=1S/C21H21N3O3/c1-3-14(2)18(19(25)23-22-13-15-9-5-4-6-10-15)24-20(26)16-11-7-8-12-17(16)21(24)27/h4-14,18H,3H2,1-2H3,(H,23,25)/b22-13-/t14-,18-/m0/s1. The molecule has 0 saturated carbocycles. The molecule has 1 aliphatic rings. The summed E-state index contributed by atoms with van der Waals surface area (Å²) < 4.78 is 0. The second-order valence-corrected chi connectivity index (χ2v) is 6.50. The molecule has 0 aliphatic carbocycles. The van der Waals surface area contributed by atoms with E-state index < -0.39 is 23.8 Å². The van der Waals surface area contributed by atoms with Gasteiger partial charge in [0.15, 0.2) is 0 Å². The second kappa shape index (κ2) is 7.95. The van der Waals surface area contributed by atoms with E-state index in [4.69, 9.17) is 0 Å². The van der Waals surface area contributed by atoms with E-state index in [0.29, 0.717) is 17.5 Å². The summed E-state index contributed by atoms with van der Waals surface area (Å²) in [6.07, 6.45) is 2.15. The van der Waals surface area contributed by atoms with E-state index >= 15 is 0 Å². The van der Waals surface area contributed by atoms with Crippen LogP contribution in [0.3, 0.4) is 0 Å². The van der Waals surface area contributed by atoms with E-state index in [1.165, 1.54) is 6.21 Å². The lowest BCUT2D eigenvalue weighted by atomic mass is 9.97. The van der Waals surface area contributed by atoms with Crippen molar-refractivity contribution in [3.05, 3.63) is 71.3 Å². The summed E-state index contributed by atoms with van der Waals surface area (Å²) in [5.74, 6) is -1.57. The van der Waals surface area contributed by atoms with Gasteiger partial charge in [0.1, 0.15) is 6.04 Å². The lowest BCUT2D eigenvalue weighted by Crippen LogP contribution is -2.51. The summed E-state index contributed by atoms with van der Waals surface area (Å²) in [4.78, 5) is 39.4. The zero-order valence-corrected chi connectivity index (χ0v) is 15.3. The molecule has 138 valence electrons. The molecule has 1 N–H and O–H groups in total. The Kier molecular flexibility index (Phi) is 5.45. The van der Waals surface area contributed by atoms with Crippen molar-refractivity contribution in [1.29, 1.82) is 0 Å². The van der Waals surface area contributed by atoms with Crippen molar-refractivity contribution >= 4 is 23.9 Å². The monoisotopic (exact) mass is 363 g/mol. The number of rotatable bonds is 6. The normalized spacial score (nSPS) is 15.7. The van der Waals surface area contributed by atoms with Gasteiger partial charge in [0.2, 0.25) is 0 Å². The Morgan fingerprint density at radius 2 is 1.59 bits per heavy atom. The summed E-state index contributed by atoms with van der Waals surface area (Å²) >= 11 is 0. The van der Waals surface area contributed by atoms with Gasteiger partial charge >= 0.3 is 0 Å². The van der Waals surface area contributed by atoms with Gasteiger partial charge in [-0.25, -0.2) is 5.43 Å². The van der Waals surface area contributed by atoms with Crippen LogP contribution in [0.15, 0.2) is 59.7 Å². The molecule has 0 fully saturated rings. The molecule has 0 spiro atoms. The summed E-state index contributed by atoms with van der Waals surface area (Å²) in [5, 5.41) is 3.98. The zero-order valence-electron chi connectivity index (χ0n) is 15.3. The summed E-state index contributed by atoms with van der Waals surface area (Å²) in [6, 6.07) is 15.0. The Morgan fingerprint density at radius 1 is 1.04 bits per heavy atom. The van der Waals surface area contributed by atoms with Crippen molar-refractivity contribution in [2.45, 2.75) is 26.3 Å². The summed E-state index contributed by atoms with van der Waals surface area (Å²) in [5.41, 5.74) is 3.97. The number of hydrogen-bond donors (Lipinski definition) is 1. The van der Waals surface area contributed by atoms with Crippen LogP contribution in [-0.4, -0.2) is 34.9 Å². The molecule has 27 heavy (non-hydrogen) atoms. The van der Waals surface area contributed by atoms with Gasteiger partial charge in [-0.2, -0.15) is 5.10 Å². The largest absolute Gasteiger partial charge is 0.271 e. The summed E-state index contributed by atoms with van der Waals surface area (Å²) in [6.45, 7) is 3.76. The number of imide groups is 1. The van der Waals surface area contributed by atoms with Crippen LogP contribution < -0.4 is 5.43 Å². The van der Waals surface area contributed by atoms with E-state index in [-0.39, 0.29) is 5.92 Å². The topological polar surface area (TPSA) is 78.8 Å². The fourth-order valence-electron chi connectivity index (χ4n) is 3.09. The maximum Gasteiger partial charge on any atom is 0.263 e. The van der Waals surface area contributed by atoms with Crippen LogP contribution in [0.1, 0.15) is 46.5 Å². The minimum Gasteiger partial charge on any atom is -0.271 e. The molecule has 0 radical (unpaired) electrons. The number of nitrogens with one attached hydrogen (secondary N) is 1. The van der Waals surface area contributed by atoms with Crippen LogP contribution in [0, 0.1) is 5.92 Å². The number of carbonyl (C=O) groups excluding carboxylic acids is 3. The van der Waals surface area contributed by atoms with Gasteiger partial charge < -0.3 is 0 Å². The number of amides is 3. The molecule has 0 saturated heterocycles. The lowest BCUT2D eigenvalue weighted by molar-refractivity contribution is -0.126. The molecular weight excluding hydrogens is 342 g/mol. The van der Waals surface area contributed by atoms with Crippen LogP contribution >= 0.6 is 0 Å². The number of carbonyl (C=O) groups is 3.